The highest BCUT2D eigenvalue weighted by molar-refractivity contribution is 7.90. The van der Waals surface area contributed by atoms with E-state index in [-0.39, 0.29) is 5.92 Å². The molecule has 0 bridgehead atoms. The molecule has 2 N–H and O–H groups in total. The monoisotopic (exact) mass is 335 g/mol. The van der Waals surface area contributed by atoms with E-state index in [4.69, 9.17) is 0 Å². The lowest BCUT2D eigenvalue weighted by atomic mass is 10.1. The first-order valence-electron chi connectivity index (χ1n) is 7.56. The molecule has 8 heteroatoms. The van der Waals surface area contributed by atoms with Gasteiger partial charge in [-0.15, -0.1) is 0 Å². The van der Waals surface area contributed by atoms with Crippen molar-refractivity contribution in [2.75, 3.05) is 31.7 Å². The van der Waals surface area contributed by atoms with Gasteiger partial charge in [-0.2, -0.15) is 5.10 Å². The Kier molecular flexibility index (Phi) is 4.36. The van der Waals surface area contributed by atoms with Crippen LogP contribution in [0.15, 0.2) is 29.4 Å². The molecule has 124 valence electrons. The van der Waals surface area contributed by atoms with Crippen LogP contribution in [0, 0.1) is 0 Å². The number of pyridine rings is 1. The molecule has 3 heterocycles. The number of hydrogen-bond acceptors (Lipinski definition) is 6. The van der Waals surface area contributed by atoms with E-state index in [1.165, 1.54) is 12.5 Å². The fourth-order valence-electron chi connectivity index (χ4n) is 3.12. The van der Waals surface area contributed by atoms with Gasteiger partial charge < -0.3 is 5.32 Å². The lowest BCUT2D eigenvalue weighted by molar-refractivity contribution is 0.326. The third-order valence-electron chi connectivity index (χ3n) is 4.23. The van der Waals surface area contributed by atoms with Gasteiger partial charge in [-0.3, -0.25) is 10.00 Å². The molecule has 0 amide bonds. The Labute approximate surface area is 136 Å². The van der Waals surface area contributed by atoms with Crippen molar-refractivity contribution in [1.82, 2.24) is 20.1 Å². The van der Waals surface area contributed by atoms with E-state index in [1.807, 2.05) is 13.1 Å². The number of H-pyrrole nitrogens is 1. The third kappa shape index (κ3) is 3.37. The number of aromatic amines is 1. The Morgan fingerprint density at radius 2 is 2.30 bits per heavy atom. The summed E-state index contributed by atoms with van der Waals surface area (Å²) in [5.41, 5.74) is 1.87. The Bertz CT molecular complexity index is 787. The molecule has 1 atom stereocenters. The number of nitrogens with zero attached hydrogens (tertiary/aromatic N) is 3. The van der Waals surface area contributed by atoms with Gasteiger partial charge in [0.15, 0.2) is 9.84 Å². The lowest BCUT2D eigenvalue weighted by Crippen LogP contribution is -2.21. The fraction of sp³-hybridized carbons (Fsp3) is 0.467. The smallest absolute Gasteiger partial charge is 0.178 e. The highest BCUT2D eigenvalue weighted by atomic mass is 32.2. The van der Waals surface area contributed by atoms with E-state index in [0.29, 0.717) is 4.90 Å². The third-order valence-corrected chi connectivity index (χ3v) is 5.36. The minimum Gasteiger partial charge on any atom is -0.373 e. The summed E-state index contributed by atoms with van der Waals surface area (Å²) < 4.78 is 23.7. The van der Waals surface area contributed by atoms with Crippen molar-refractivity contribution in [1.29, 1.82) is 0 Å². The van der Waals surface area contributed by atoms with Crippen LogP contribution >= 0.6 is 0 Å². The molecular formula is C15H21N5O2S. The van der Waals surface area contributed by atoms with E-state index in [9.17, 15) is 8.42 Å². The number of aromatic nitrogens is 3. The second kappa shape index (κ2) is 6.29. The van der Waals surface area contributed by atoms with Crippen molar-refractivity contribution in [3.63, 3.8) is 0 Å². The summed E-state index contributed by atoms with van der Waals surface area (Å²) >= 11 is 0. The summed E-state index contributed by atoms with van der Waals surface area (Å²) in [5.74, 6) is 1.05. The second-order valence-corrected chi connectivity index (χ2v) is 7.89. The number of likely N-dealkylation sites (tertiary alicyclic amines) is 1. The molecular weight excluding hydrogens is 314 g/mol. The van der Waals surface area contributed by atoms with Crippen LogP contribution in [-0.2, 0) is 16.4 Å². The minimum atomic E-state index is -3.25. The van der Waals surface area contributed by atoms with Crippen LogP contribution < -0.4 is 5.32 Å². The summed E-state index contributed by atoms with van der Waals surface area (Å²) in [4.78, 5) is 6.96. The van der Waals surface area contributed by atoms with Crippen molar-refractivity contribution in [2.45, 2.75) is 23.8 Å². The molecule has 1 fully saturated rings. The Balaban J connectivity index is 1.73. The van der Waals surface area contributed by atoms with Gasteiger partial charge in [0, 0.05) is 44.1 Å². The first kappa shape index (κ1) is 15.9. The van der Waals surface area contributed by atoms with Gasteiger partial charge in [0.05, 0.1) is 11.9 Å². The van der Waals surface area contributed by atoms with Crippen molar-refractivity contribution in [3.05, 3.63) is 35.8 Å². The molecule has 3 rings (SSSR count). The van der Waals surface area contributed by atoms with Gasteiger partial charge in [-0.05, 0) is 19.0 Å². The Hall–Kier alpha value is -1.93. The van der Waals surface area contributed by atoms with Gasteiger partial charge in [0.2, 0.25) is 0 Å². The number of nitrogens with one attached hydrogen (secondary N) is 2. The van der Waals surface area contributed by atoms with Gasteiger partial charge in [-0.1, -0.05) is 6.07 Å². The molecule has 23 heavy (non-hydrogen) atoms. The van der Waals surface area contributed by atoms with Crippen molar-refractivity contribution in [2.24, 2.45) is 0 Å². The summed E-state index contributed by atoms with van der Waals surface area (Å²) in [6.45, 7) is 2.52. The molecule has 1 aliphatic heterocycles. The van der Waals surface area contributed by atoms with Gasteiger partial charge in [0.25, 0.3) is 0 Å². The van der Waals surface area contributed by atoms with Crippen LogP contribution in [0.25, 0.3) is 0 Å². The molecule has 0 saturated carbocycles. The Morgan fingerprint density at radius 3 is 3.04 bits per heavy atom. The van der Waals surface area contributed by atoms with Crippen molar-refractivity contribution in [3.8, 4) is 0 Å². The van der Waals surface area contributed by atoms with Gasteiger partial charge in [0.1, 0.15) is 10.7 Å². The molecule has 0 aliphatic carbocycles. The topological polar surface area (TPSA) is 91.0 Å². The van der Waals surface area contributed by atoms with Gasteiger partial charge >= 0.3 is 0 Å². The fourth-order valence-corrected chi connectivity index (χ4v) is 3.97. The van der Waals surface area contributed by atoms with E-state index in [0.717, 1.165) is 43.1 Å². The largest absolute Gasteiger partial charge is 0.373 e. The SMILES string of the molecule is CNc1ncccc1CN1CC[C@@H](c2[nH]ncc2S(C)(=O)=O)C1. The molecule has 2 aromatic heterocycles. The van der Waals surface area contributed by atoms with E-state index in [1.54, 1.807) is 6.20 Å². The molecule has 1 saturated heterocycles. The lowest BCUT2D eigenvalue weighted by Gasteiger charge is -2.17. The van der Waals surface area contributed by atoms with E-state index < -0.39 is 9.84 Å². The van der Waals surface area contributed by atoms with Crippen LogP contribution in [-0.4, -0.2) is 54.9 Å². The van der Waals surface area contributed by atoms with Crippen LogP contribution in [0.3, 0.4) is 0 Å². The zero-order valence-electron chi connectivity index (χ0n) is 13.3. The number of rotatable bonds is 5. The zero-order chi connectivity index (χ0) is 16.4. The molecule has 0 spiro atoms. The molecule has 7 nitrogen and oxygen atoms in total. The highest BCUT2D eigenvalue weighted by Gasteiger charge is 2.29. The van der Waals surface area contributed by atoms with E-state index in [2.05, 4.69) is 31.5 Å². The average molecular weight is 335 g/mol. The maximum Gasteiger partial charge on any atom is 0.178 e. The molecule has 0 aromatic carbocycles. The highest BCUT2D eigenvalue weighted by Crippen LogP contribution is 2.31. The standard InChI is InChI=1S/C15H21N5O2S/c1-16-15-12(4-3-6-17-15)10-20-7-5-11(9-20)14-13(8-18-19-14)23(2,21)22/h3-4,6,8,11H,5,7,9-10H2,1-2H3,(H,16,17)(H,18,19)/t11-/m1/s1. The predicted molar refractivity (Wildman–Crippen MR) is 88.1 cm³/mol. The first-order valence-corrected chi connectivity index (χ1v) is 9.45. The normalized spacial score (nSPS) is 19.1. The Morgan fingerprint density at radius 1 is 1.48 bits per heavy atom. The van der Waals surface area contributed by atoms with Crippen LogP contribution in [0.5, 0.6) is 0 Å². The maximum absolute atomic E-state index is 11.8. The van der Waals surface area contributed by atoms with E-state index >= 15 is 0 Å². The maximum atomic E-state index is 11.8. The van der Waals surface area contributed by atoms with Crippen molar-refractivity contribution >= 4 is 15.7 Å². The molecule has 0 radical (unpaired) electrons. The molecule has 1 aliphatic rings. The second-order valence-electron chi connectivity index (χ2n) is 5.90. The summed E-state index contributed by atoms with van der Waals surface area (Å²) in [6.07, 6.45) is 5.32. The minimum absolute atomic E-state index is 0.164. The molecule has 0 unspecified atom stereocenters. The number of anilines is 1. The zero-order valence-corrected chi connectivity index (χ0v) is 14.1. The van der Waals surface area contributed by atoms with Crippen LogP contribution in [0.1, 0.15) is 23.6 Å². The quantitative estimate of drug-likeness (QED) is 0.854. The number of sulfone groups is 1. The molecule has 2 aromatic rings. The number of hydrogen-bond donors (Lipinski definition) is 2. The summed E-state index contributed by atoms with van der Waals surface area (Å²) in [6, 6.07) is 3.99. The first-order chi connectivity index (χ1) is 11.0. The summed E-state index contributed by atoms with van der Waals surface area (Å²) in [7, 11) is -1.38. The predicted octanol–water partition coefficient (Wildman–Crippen LogP) is 1.24. The van der Waals surface area contributed by atoms with Gasteiger partial charge in [-0.25, -0.2) is 13.4 Å². The van der Waals surface area contributed by atoms with Crippen LogP contribution in [0.2, 0.25) is 0 Å². The average Bonchev–Trinajstić information content (AvgIpc) is 3.15. The summed E-state index contributed by atoms with van der Waals surface area (Å²) in [5, 5.41) is 9.91. The van der Waals surface area contributed by atoms with Crippen LogP contribution in [0.4, 0.5) is 5.82 Å². The van der Waals surface area contributed by atoms with Crippen molar-refractivity contribution < 1.29 is 8.42 Å².